The van der Waals surface area contributed by atoms with E-state index < -0.39 is 0 Å². The lowest BCUT2D eigenvalue weighted by molar-refractivity contribution is -0.119. The molecule has 2 amide bonds. The van der Waals surface area contributed by atoms with Crippen LogP contribution in [0.4, 0.5) is 5.69 Å². The monoisotopic (exact) mass is 389 g/mol. The van der Waals surface area contributed by atoms with Crippen LogP contribution in [0.15, 0.2) is 59.7 Å². The lowest BCUT2D eigenvalue weighted by Gasteiger charge is -2.16. The summed E-state index contributed by atoms with van der Waals surface area (Å²) >= 11 is 0. The molecule has 3 aromatic carbocycles. The normalized spacial score (nSPS) is 12.6. The van der Waals surface area contributed by atoms with Crippen molar-refractivity contribution in [2.24, 2.45) is 5.10 Å². The van der Waals surface area contributed by atoms with Crippen LogP contribution in [0.25, 0.3) is 10.8 Å². The van der Waals surface area contributed by atoms with Gasteiger partial charge in [-0.2, -0.15) is 5.10 Å². The summed E-state index contributed by atoms with van der Waals surface area (Å²) in [6.07, 6.45) is 1.50. The molecule has 1 N–H and O–H groups in total. The van der Waals surface area contributed by atoms with E-state index in [1.165, 1.54) is 11.1 Å². The summed E-state index contributed by atoms with van der Waals surface area (Å²) in [4.78, 5) is 26.6. The fourth-order valence-electron chi connectivity index (χ4n) is 3.43. The van der Waals surface area contributed by atoms with Gasteiger partial charge in [0.05, 0.1) is 26.1 Å². The Hall–Kier alpha value is -3.87. The molecule has 1 aliphatic heterocycles. The molecular weight excluding hydrogens is 370 g/mol. The first-order valence-electron chi connectivity index (χ1n) is 9.00. The Morgan fingerprint density at radius 2 is 1.83 bits per heavy atom. The van der Waals surface area contributed by atoms with Crippen LogP contribution in [0.2, 0.25) is 0 Å². The Morgan fingerprint density at radius 3 is 2.59 bits per heavy atom. The van der Waals surface area contributed by atoms with Crippen LogP contribution < -0.4 is 19.8 Å². The number of hydrogen-bond acceptors (Lipinski definition) is 5. The maximum Gasteiger partial charge on any atom is 0.260 e. The molecule has 0 aliphatic carbocycles. The third-order valence-corrected chi connectivity index (χ3v) is 4.76. The van der Waals surface area contributed by atoms with Gasteiger partial charge in [-0.05, 0) is 41.3 Å². The molecule has 0 radical (unpaired) electrons. The standard InChI is InChI=1S/C22H19N3O4/c1-28-18-10-9-14(11-19(18)29-2)12-23-24-20(26)13-25-17-8-4-6-15-5-3-7-16(21(15)17)22(25)27/h3-12H,13H2,1-2H3,(H,24,26)/b23-12+. The van der Waals surface area contributed by atoms with E-state index in [9.17, 15) is 9.59 Å². The van der Waals surface area contributed by atoms with Crippen molar-refractivity contribution in [3.05, 3.63) is 65.7 Å². The molecule has 0 spiro atoms. The number of benzene rings is 3. The molecule has 0 fully saturated rings. The van der Waals surface area contributed by atoms with Crippen LogP contribution in [0.5, 0.6) is 11.5 Å². The van der Waals surface area contributed by atoms with Gasteiger partial charge in [0.2, 0.25) is 0 Å². The zero-order valence-corrected chi connectivity index (χ0v) is 16.0. The van der Waals surface area contributed by atoms with Crippen molar-refractivity contribution < 1.29 is 19.1 Å². The van der Waals surface area contributed by atoms with Gasteiger partial charge in [0.15, 0.2) is 11.5 Å². The molecule has 0 aromatic heterocycles. The van der Waals surface area contributed by atoms with Crippen LogP contribution in [0.3, 0.4) is 0 Å². The zero-order chi connectivity index (χ0) is 20.4. The fraction of sp³-hybridized carbons (Fsp3) is 0.136. The van der Waals surface area contributed by atoms with Crippen molar-refractivity contribution in [3.8, 4) is 11.5 Å². The molecule has 0 unspecified atom stereocenters. The molecule has 146 valence electrons. The first-order valence-corrected chi connectivity index (χ1v) is 9.00. The van der Waals surface area contributed by atoms with E-state index in [4.69, 9.17) is 9.47 Å². The molecule has 1 aliphatic rings. The SMILES string of the molecule is COc1ccc(/C=N/NC(=O)CN2C(=O)c3cccc4cccc2c34)cc1OC. The summed E-state index contributed by atoms with van der Waals surface area (Å²) in [5.74, 6) is 0.599. The van der Waals surface area contributed by atoms with Crippen molar-refractivity contribution in [1.82, 2.24) is 5.43 Å². The molecule has 1 heterocycles. The summed E-state index contributed by atoms with van der Waals surface area (Å²) in [5, 5.41) is 5.83. The average molecular weight is 389 g/mol. The van der Waals surface area contributed by atoms with Gasteiger partial charge in [0.25, 0.3) is 11.8 Å². The van der Waals surface area contributed by atoms with Gasteiger partial charge < -0.3 is 9.47 Å². The number of methoxy groups -OCH3 is 2. The van der Waals surface area contributed by atoms with Crippen LogP contribution in [-0.4, -0.2) is 38.8 Å². The summed E-state index contributed by atoms with van der Waals surface area (Å²) < 4.78 is 10.4. The van der Waals surface area contributed by atoms with Crippen LogP contribution in [-0.2, 0) is 4.79 Å². The van der Waals surface area contributed by atoms with Gasteiger partial charge in [0, 0.05) is 10.9 Å². The molecule has 0 saturated heterocycles. The van der Waals surface area contributed by atoms with E-state index in [1.807, 2.05) is 30.3 Å². The third-order valence-electron chi connectivity index (χ3n) is 4.76. The van der Waals surface area contributed by atoms with E-state index in [-0.39, 0.29) is 18.4 Å². The molecule has 29 heavy (non-hydrogen) atoms. The average Bonchev–Trinajstić information content (AvgIpc) is 3.01. The second-order valence-corrected chi connectivity index (χ2v) is 6.48. The zero-order valence-electron chi connectivity index (χ0n) is 16.0. The van der Waals surface area contributed by atoms with Crippen molar-refractivity contribution in [3.63, 3.8) is 0 Å². The maximum absolute atomic E-state index is 12.7. The van der Waals surface area contributed by atoms with Crippen LogP contribution in [0, 0.1) is 0 Å². The maximum atomic E-state index is 12.7. The molecular formula is C22H19N3O4. The first kappa shape index (κ1) is 18.5. The largest absolute Gasteiger partial charge is 0.493 e. The summed E-state index contributed by atoms with van der Waals surface area (Å²) in [6, 6.07) is 16.5. The number of carbonyl (C=O) groups excluding carboxylic acids is 2. The molecule has 0 saturated carbocycles. The van der Waals surface area contributed by atoms with Gasteiger partial charge in [-0.25, -0.2) is 5.43 Å². The Balaban J connectivity index is 1.45. The lowest BCUT2D eigenvalue weighted by Crippen LogP contribution is -2.37. The highest BCUT2D eigenvalue weighted by Crippen LogP contribution is 2.36. The molecule has 7 nitrogen and oxygen atoms in total. The van der Waals surface area contributed by atoms with E-state index in [0.29, 0.717) is 17.1 Å². The predicted molar refractivity (Wildman–Crippen MR) is 111 cm³/mol. The molecule has 0 atom stereocenters. The van der Waals surface area contributed by atoms with Gasteiger partial charge in [-0.1, -0.05) is 24.3 Å². The van der Waals surface area contributed by atoms with Gasteiger partial charge in [0.1, 0.15) is 6.54 Å². The van der Waals surface area contributed by atoms with Gasteiger partial charge in [-0.3, -0.25) is 14.5 Å². The Labute approximate surface area is 167 Å². The van der Waals surface area contributed by atoms with Crippen LogP contribution in [0.1, 0.15) is 15.9 Å². The molecule has 0 bridgehead atoms. The van der Waals surface area contributed by atoms with Gasteiger partial charge in [-0.15, -0.1) is 0 Å². The second-order valence-electron chi connectivity index (χ2n) is 6.48. The number of amides is 2. The molecule has 7 heteroatoms. The summed E-state index contributed by atoms with van der Waals surface area (Å²) in [5.41, 5.74) is 4.55. The van der Waals surface area contributed by atoms with Crippen molar-refractivity contribution >= 4 is 34.5 Å². The molecule has 4 rings (SSSR count). The minimum Gasteiger partial charge on any atom is -0.493 e. The van der Waals surface area contributed by atoms with E-state index in [0.717, 1.165) is 22.0 Å². The predicted octanol–water partition coefficient (Wildman–Crippen LogP) is 2.97. The van der Waals surface area contributed by atoms with E-state index in [1.54, 1.807) is 38.5 Å². The van der Waals surface area contributed by atoms with E-state index in [2.05, 4.69) is 10.5 Å². The lowest BCUT2D eigenvalue weighted by atomic mass is 10.1. The topological polar surface area (TPSA) is 80.2 Å². The Kier molecular flexibility index (Phi) is 4.87. The highest BCUT2D eigenvalue weighted by atomic mass is 16.5. The highest BCUT2D eigenvalue weighted by Gasteiger charge is 2.30. The fourth-order valence-corrected chi connectivity index (χ4v) is 3.43. The number of hydrazone groups is 1. The number of nitrogens with one attached hydrogen (secondary N) is 1. The number of carbonyl (C=O) groups is 2. The summed E-state index contributed by atoms with van der Waals surface area (Å²) in [6.45, 7) is -0.115. The quantitative estimate of drug-likeness (QED) is 0.519. The highest BCUT2D eigenvalue weighted by molar-refractivity contribution is 6.26. The number of hydrogen-bond donors (Lipinski definition) is 1. The van der Waals surface area contributed by atoms with Crippen molar-refractivity contribution in [2.75, 3.05) is 25.7 Å². The van der Waals surface area contributed by atoms with E-state index >= 15 is 0 Å². The number of ether oxygens (including phenoxy) is 2. The van der Waals surface area contributed by atoms with Crippen LogP contribution >= 0.6 is 0 Å². The Morgan fingerprint density at radius 1 is 1.07 bits per heavy atom. The second kappa shape index (κ2) is 7.63. The first-order chi connectivity index (χ1) is 14.1. The van der Waals surface area contributed by atoms with Crippen molar-refractivity contribution in [1.29, 1.82) is 0 Å². The smallest absolute Gasteiger partial charge is 0.260 e. The number of nitrogens with zero attached hydrogens (tertiary/aromatic N) is 2. The third kappa shape index (κ3) is 3.38. The number of anilines is 1. The summed E-state index contributed by atoms with van der Waals surface area (Å²) in [7, 11) is 3.11. The van der Waals surface area contributed by atoms with Gasteiger partial charge >= 0.3 is 0 Å². The Bertz CT molecular complexity index is 1130. The minimum atomic E-state index is -0.389. The van der Waals surface area contributed by atoms with Crippen molar-refractivity contribution in [2.45, 2.75) is 0 Å². The molecule has 3 aromatic rings. The number of rotatable bonds is 6. The minimum absolute atomic E-state index is 0.115.